The zero-order chi connectivity index (χ0) is 14.4. The molecule has 0 saturated heterocycles. The van der Waals surface area contributed by atoms with E-state index in [0.717, 1.165) is 21.5 Å². The quantitative estimate of drug-likeness (QED) is 0.804. The van der Waals surface area contributed by atoms with Gasteiger partial charge in [-0.1, -0.05) is 11.6 Å². The highest BCUT2D eigenvalue weighted by Crippen LogP contribution is 2.21. The fraction of sp³-hybridized carbons (Fsp3) is 0.286. The van der Waals surface area contributed by atoms with Crippen molar-refractivity contribution in [3.05, 3.63) is 47.5 Å². The Bertz CT molecular complexity index is 542. The number of nitrogens with zero attached hydrogens (tertiary/aromatic N) is 1. The molecular weight excluding hydrogens is 294 g/mol. The van der Waals surface area contributed by atoms with Gasteiger partial charge in [0.25, 0.3) is 0 Å². The van der Waals surface area contributed by atoms with Crippen LogP contribution >= 0.6 is 23.4 Å². The van der Waals surface area contributed by atoms with Crippen LogP contribution in [0.3, 0.4) is 0 Å². The number of amides is 1. The topological polar surface area (TPSA) is 57.8 Å². The molecule has 1 unspecified atom stereocenters. The second kappa shape index (κ2) is 7.36. The Morgan fingerprint density at radius 3 is 2.85 bits per heavy atom. The van der Waals surface area contributed by atoms with E-state index >= 15 is 0 Å². The first kappa shape index (κ1) is 14.9. The molecule has 1 amide bonds. The summed E-state index contributed by atoms with van der Waals surface area (Å²) in [6, 6.07) is 7.51. The third kappa shape index (κ3) is 4.58. The minimum absolute atomic E-state index is 0.0235. The number of halogens is 1. The Hall–Kier alpha value is -1.46. The van der Waals surface area contributed by atoms with Crippen molar-refractivity contribution in [2.24, 2.45) is 0 Å². The van der Waals surface area contributed by atoms with Gasteiger partial charge in [0.1, 0.15) is 5.82 Å². The number of nitrogens with one attached hydrogen (secondary N) is 2. The van der Waals surface area contributed by atoms with Crippen molar-refractivity contribution in [1.29, 1.82) is 0 Å². The van der Waals surface area contributed by atoms with Gasteiger partial charge in [0, 0.05) is 34.5 Å². The van der Waals surface area contributed by atoms with E-state index in [1.807, 2.05) is 31.2 Å². The van der Waals surface area contributed by atoms with Crippen LogP contribution in [0.1, 0.15) is 25.2 Å². The summed E-state index contributed by atoms with van der Waals surface area (Å²) in [4.78, 5) is 20.0. The second-order valence-corrected chi connectivity index (χ2v) is 5.92. The molecule has 1 aromatic heterocycles. The van der Waals surface area contributed by atoms with E-state index < -0.39 is 0 Å². The van der Waals surface area contributed by atoms with Gasteiger partial charge in [-0.15, -0.1) is 11.8 Å². The molecule has 20 heavy (non-hydrogen) atoms. The van der Waals surface area contributed by atoms with Gasteiger partial charge < -0.3 is 10.3 Å². The molecule has 106 valence electrons. The first-order valence-electron chi connectivity index (χ1n) is 6.32. The van der Waals surface area contributed by atoms with Crippen LogP contribution in [0.25, 0.3) is 0 Å². The van der Waals surface area contributed by atoms with Gasteiger partial charge in [0.15, 0.2) is 0 Å². The molecule has 0 spiro atoms. The number of thioether (sulfide) groups is 1. The van der Waals surface area contributed by atoms with E-state index in [9.17, 15) is 4.79 Å². The molecule has 2 aromatic rings. The molecule has 2 rings (SSSR count). The first-order valence-corrected chi connectivity index (χ1v) is 7.68. The number of hydrogen-bond donors (Lipinski definition) is 2. The zero-order valence-electron chi connectivity index (χ0n) is 11.1. The van der Waals surface area contributed by atoms with Crippen molar-refractivity contribution in [3.63, 3.8) is 0 Å². The first-order chi connectivity index (χ1) is 9.65. The number of benzene rings is 1. The number of H-pyrrole nitrogens is 1. The highest BCUT2D eigenvalue weighted by Gasteiger charge is 2.10. The largest absolute Gasteiger partial charge is 0.347 e. The van der Waals surface area contributed by atoms with Crippen LogP contribution in [-0.4, -0.2) is 21.6 Å². The van der Waals surface area contributed by atoms with Crippen LogP contribution in [0, 0.1) is 0 Å². The Labute approximate surface area is 127 Å². The summed E-state index contributed by atoms with van der Waals surface area (Å²) in [6.07, 6.45) is 3.89. The molecule has 0 saturated carbocycles. The molecule has 0 aliphatic rings. The summed E-state index contributed by atoms with van der Waals surface area (Å²) in [6.45, 7) is 1.91. The minimum atomic E-state index is -0.0990. The van der Waals surface area contributed by atoms with Crippen molar-refractivity contribution >= 4 is 29.3 Å². The molecule has 0 aliphatic carbocycles. The third-order valence-corrected chi connectivity index (χ3v) is 3.98. The molecule has 1 atom stereocenters. The number of rotatable bonds is 6. The van der Waals surface area contributed by atoms with E-state index in [2.05, 4.69) is 15.3 Å². The van der Waals surface area contributed by atoms with Gasteiger partial charge in [-0.25, -0.2) is 4.98 Å². The number of imidazole rings is 1. The van der Waals surface area contributed by atoms with E-state index in [4.69, 9.17) is 11.6 Å². The summed E-state index contributed by atoms with van der Waals surface area (Å²) in [5.41, 5.74) is 0. The standard InChI is InChI=1S/C14H16ClN3OS/c1-10(14-16-7-8-17-14)18-13(19)6-9-20-12-4-2-11(15)3-5-12/h2-5,7-8,10H,6,9H2,1H3,(H,16,17)(H,18,19). The molecule has 6 heteroatoms. The monoisotopic (exact) mass is 309 g/mol. The fourth-order valence-corrected chi connectivity index (χ4v) is 2.67. The van der Waals surface area contributed by atoms with E-state index in [1.165, 1.54) is 0 Å². The summed E-state index contributed by atoms with van der Waals surface area (Å²) in [5, 5.41) is 3.63. The normalized spacial score (nSPS) is 12.1. The summed E-state index contributed by atoms with van der Waals surface area (Å²) < 4.78 is 0. The maximum atomic E-state index is 11.8. The SMILES string of the molecule is CC(NC(=O)CCSc1ccc(Cl)cc1)c1ncc[nH]1. The van der Waals surface area contributed by atoms with Crippen molar-refractivity contribution in [2.45, 2.75) is 24.3 Å². The van der Waals surface area contributed by atoms with Gasteiger partial charge in [0.05, 0.1) is 6.04 Å². The molecule has 0 fully saturated rings. The predicted molar refractivity (Wildman–Crippen MR) is 81.9 cm³/mol. The highest BCUT2D eigenvalue weighted by atomic mass is 35.5. The number of aromatic amines is 1. The lowest BCUT2D eigenvalue weighted by molar-refractivity contribution is -0.121. The third-order valence-electron chi connectivity index (χ3n) is 2.72. The average Bonchev–Trinajstić information content (AvgIpc) is 2.95. The van der Waals surface area contributed by atoms with Gasteiger partial charge in [-0.2, -0.15) is 0 Å². The molecule has 0 aliphatic heterocycles. The van der Waals surface area contributed by atoms with Crippen molar-refractivity contribution in [1.82, 2.24) is 15.3 Å². The Morgan fingerprint density at radius 1 is 1.45 bits per heavy atom. The maximum Gasteiger partial charge on any atom is 0.221 e. The van der Waals surface area contributed by atoms with Gasteiger partial charge >= 0.3 is 0 Å². The molecule has 2 N–H and O–H groups in total. The Kier molecular flexibility index (Phi) is 5.49. The summed E-state index contributed by atoms with van der Waals surface area (Å²) >= 11 is 7.46. The lowest BCUT2D eigenvalue weighted by Gasteiger charge is -2.11. The molecule has 0 bridgehead atoms. The van der Waals surface area contributed by atoms with Crippen molar-refractivity contribution in [2.75, 3.05) is 5.75 Å². The molecule has 1 aromatic carbocycles. The summed E-state index contributed by atoms with van der Waals surface area (Å²) in [5.74, 6) is 1.53. The maximum absolute atomic E-state index is 11.8. The van der Waals surface area contributed by atoms with Crippen LogP contribution in [0.15, 0.2) is 41.6 Å². The minimum Gasteiger partial charge on any atom is -0.347 e. The van der Waals surface area contributed by atoms with Crippen LogP contribution in [0.4, 0.5) is 0 Å². The Balaban J connectivity index is 1.71. The lowest BCUT2D eigenvalue weighted by Crippen LogP contribution is -2.27. The van der Waals surface area contributed by atoms with Crippen LogP contribution < -0.4 is 5.32 Å². The van der Waals surface area contributed by atoms with Gasteiger partial charge in [0.2, 0.25) is 5.91 Å². The smallest absolute Gasteiger partial charge is 0.221 e. The van der Waals surface area contributed by atoms with E-state index in [0.29, 0.717) is 6.42 Å². The van der Waals surface area contributed by atoms with E-state index in [-0.39, 0.29) is 11.9 Å². The fourth-order valence-electron chi connectivity index (χ4n) is 1.69. The van der Waals surface area contributed by atoms with Crippen LogP contribution in [-0.2, 0) is 4.79 Å². The summed E-state index contributed by atoms with van der Waals surface area (Å²) in [7, 11) is 0. The zero-order valence-corrected chi connectivity index (χ0v) is 12.7. The lowest BCUT2D eigenvalue weighted by atomic mass is 10.3. The Morgan fingerprint density at radius 2 is 2.20 bits per heavy atom. The molecule has 0 radical (unpaired) electrons. The molecular formula is C14H16ClN3OS. The number of carbonyl (C=O) groups is 1. The van der Waals surface area contributed by atoms with Gasteiger partial charge in [-0.05, 0) is 31.2 Å². The molecule has 1 heterocycles. The van der Waals surface area contributed by atoms with Crippen LogP contribution in [0.5, 0.6) is 0 Å². The van der Waals surface area contributed by atoms with Crippen molar-refractivity contribution < 1.29 is 4.79 Å². The average molecular weight is 310 g/mol. The number of carbonyl (C=O) groups excluding carboxylic acids is 1. The van der Waals surface area contributed by atoms with Crippen molar-refractivity contribution in [3.8, 4) is 0 Å². The highest BCUT2D eigenvalue weighted by molar-refractivity contribution is 7.99. The number of hydrogen-bond acceptors (Lipinski definition) is 3. The van der Waals surface area contributed by atoms with E-state index in [1.54, 1.807) is 24.2 Å². The second-order valence-electron chi connectivity index (χ2n) is 4.32. The number of aromatic nitrogens is 2. The molecule has 4 nitrogen and oxygen atoms in total. The van der Waals surface area contributed by atoms with Crippen LogP contribution in [0.2, 0.25) is 5.02 Å². The van der Waals surface area contributed by atoms with Gasteiger partial charge in [-0.3, -0.25) is 4.79 Å². The predicted octanol–water partition coefficient (Wildman–Crippen LogP) is 3.42.